The van der Waals surface area contributed by atoms with Gasteiger partial charge >= 0.3 is 5.97 Å². The molecule has 1 N–H and O–H groups in total. The molecule has 2 rings (SSSR count). The first-order valence-corrected chi connectivity index (χ1v) is 11.4. The number of anilines is 1. The van der Waals surface area contributed by atoms with Gasteiger partial charge in [0.1, 0.15) is 0 Å². The number of ether oxygens (including phenoxy) is 1. The number of hydrogen-bond donors (Lipinski definition) is 1. The first-order valence-electron chi connectivity index (χ1n) is 8.75. The highest BCUT2D eigenvalue weighted by atomic mass is 32.2. The molecule has 156 valence electrons. The van der Waals surface area contributed by atoms with Crippen LogP contribution in [0.15, 0.2) is 52.3 Å². The quantitative estimate of drug-likeness (QED) is 0.529. The highest BCUT2D eigenvalue weighted by molar-refractivity contribution is 7.98. The third-order valence-electron chi connectivity index (χ3n) is 4.22. The van der Waals surface area contributed by atoms with Gasteiger partial charge in [-0.05, 0) is 62.1 Å². The number of carbonyl (C=O) groups excluding carboxylic acids is 2. The van der Waals surface area contributed by atoms with Gasteiger partial charge in [-0.2, -0.15) is 0 Å². The van der Waals surface area contributed by atoms with Crippen LogP contribution in [0, 0.1) is 6.92 Å². The molecule has 0 saturated carbocycles. The number of carbonyl (C=O) groups is 2. The number of amides is 1. The zero-order valence-corrected chi connectivity index (χ0v) is 18.6. The minimum absolute atomic E-state index is 0.0573. The highest BCUT2D eigenvalue weighted by Gasteiger charge is 2.22. The van der Waals surface area contributed by atoms with Gasteiger partial charge in [-0.1, -0.05) is 6.07 Å². The van der Waals surface area contributed by atoms with Crippen molar-refractivity contribution in [1.29, 1.82) is 0 Å². The lowest BCUT2D eigenvalue weighted by atomic mass is 10.2. The highest BCUT2D eigenvalue weighted by Crippen LogP contribution is 2.22. The summed E-state index contributed by atoms with van der Waals surface area (Å²) in [6.07, 6.45) is 0.872. The lowest BCUT2D eigenvalue weighted by Crippen LogP contribution is -2.30. The van der Waals surface area contributed by atoms with Crippen LogP contribution < -0.4 is 5.32 Å². The average Bonchev–Trinajstić information content (AvgIpc) is 2.69. The Hall–Kier alpha value is -2.36. The van der Waals surface area contributed by atoms with E-state index in [1.807, 2.05) is 6.26 Å². The summed E-state index contributed by atoms with van der Waals surface area (Å²) in [7, 11) is -0.776. The van der Waals surface area contributed by atoms with Crippen molar-refractivity contribution in [1.82, 2.24) is 4.31 Å². The van der Waals surface area contributed by atoms with Crippen LogP contribution in [-0.4, -0.2) is 51.1 Å². The number of nitrogens with zero attached hydrogens (tertiary/aromatic N) is 1. The number of sulfonamides is 1. The van der Waals surface area contributed by atoms with E-state index in [2.05, 4.69) is 5.32 Å². The summed E-state index contributed by atoms with van der Waals surface area (Å²) in [6, 6.07) is 11.3. The van der Waals surface area contributed by atoms with Gasteiger partial charge in [0.2, 0.25) is 10.0 Å². The van der Waals surface area contributed by atoms with Crippen LogP contribution in [-0.2, 0) is 19.6 Å². The second-order valence-electron chi connectivity index (χ2n) is 6.53. The summed E-state index contributed by atoms with van der Waals surface area (Å²) < 4.78 is 30.9. The number of thioether (sulfide) groups is 1. The molecule has 0 aromatic heterocycles. The van der Waals surface area contributed by atoms with E-state index in [9.17, 15) is 18.0 Å². The fourth-order valence-corrected chi connectivity index (χ4v) is 3.69. The molecule has 2 aromatic carbocycles. The van der Waals surface area contributed by atoms with Gasteiger partial charge in [-0.3, -0.25) is 4.79 Å². The number of hydrogen-bond acceptors (Lipinski definition) is 6. The molecule has 0 bridgehead atoms. The molecule has 0 aliphatic carbocycles. The van der Waals surface area contributed by atoms with Gasteiger partial charge in [0.15, 0.2) is 6.10 Å². The van der Waals surface area contributed by atoms with Gasteiger partial charge in [0, 0.05) is 24.7 Å². The molecular weight excluding hydrogens is 412 g/mol. The monoisotopic (exact) mass is 436 g/mol. The Morgan fingerprint density at radius 2 is 1.72 bits per heavy atom. The zero-order valence-electron chi connectivity index (χ0n) is 16.9. The molecule has 7 nitrogen and oxygen atoms in total. The minimum Gasteiger partial charge on any atom is -0.449 e. The van der Waals surface area contributed by atoms with Crippen LogP contribution in [0.4, 0.5) is 5.69 Å². The molecule has 1 atom stereocenters. The minimum atomic E-state index is -3.64. The summed E-state index contributed by atoms with van der Waals surface area (Å²) >= 11 is 1.55. The molecular formula is C20H24N2O5S2. The normalized spacial score (nSPS) is 12.5. The Balaban J connectivity index is 2.11. The van der Waals surface area contributed by atoms with Crippen molar-refractivity contribution in [2.45, 2.75) is 29.7 Å². The molecule has 0 aliphatic heterocycles. The summed E-state index contributed by atoms with van der Waals surface area (Å²) in [6.45, 7) is 3.20. The molecule has 1 amide bonds. The first kappa shape index (κ1) is 22.9. The Labute approximate surface area is 175 Å². The molecule has 0 spiro atoms. The van der Waals surface area contributed by atoms with E-state index in [-0.39, 0.29) is 4.90 Å². The van der Waals surface area contributed by atoms with Gasteiger partial charge in [-0.25, -0.2) is 17.5 Å². The molecule has 29 heavy (non-hydrogen) atoms. The van der Waals surface area contributed by atoms with Gasteiger partial charge < -0.3 is 10.1 Å². The number of esters is 1. The molecule has 0 fully saturated rings. The first-order chi connectivity index (χ1) is 13.6. The predicted octanol–water partition coefficient (Wildman–Crippen LogP) is 3.15. The van der Waals surface area contributed by atoms with E-state index in [4.69, 9.17) is 4.74 Å². The Bertz CT molecular complexity index is 1000. The van der Waals surface area contributed by atoms with Crippen LogP contribution in [0.2, 0.25) is 0 Å². The molecule has 0 radical (unpaired) electrons. The van der Waals surface area contributed by atoms with Crippen molar-refractivity contribution in [3.63, 3.8) is 0 Å². The molecule has 9 heteroatoms. The van der Waals surface area contributed by atoms with Crippen molar-refractivity contribution in [3.8, 4) is 0 Å². The van der Waals surface area contributed by atoms with Crippen molar-refractivity contribution in [3.05, 3.63) is 53.6 Å². The van der Waals surface area contributed by atoms with Gasteiger partial charge in [0.25, 0.3) is 5.91 Å². The number of benzene rings is 2. The van der Waals surface area contributed by atoms with Crippen LogP contribution in [0.3, 0.4) is 0 Å². The second-order valence-corrected chi connectivity index (χ2v) is 9.56. The number of rotatable bonds is 7. The summed E-state index contributed by atoms with van der Waals surface area (Å²) in [5.74, 6) is -1.16. The van der Waals surface area contributed by atoms with E-state index in [1.165, 1.54) is 33.2 Å². The maximum atomic E-state index is 12.5. The molecule has 0 heterocycles. The van der Waals surface area contributed by atoms with Crippen LogP contribution in [0.5, 0.6) is 0 Å². The van der Waals surface area contributed by atoms with Crippen molar-refractivity contribution >= 4 is 39.3 Å². The van der Waals surface area contributed by atoms with E-state index in [1.54, 1.807) is 49.0 Å². The SMILES string of the molecule is CSc1ccc(C(=O)OC(C)C(=O)Nc2cc(S(=O)(=O)N(C)C)ccc2C)cc1. The largest absolute Gasteiger partial charge is 0.449 e. The third kappa shape index (κ3) is 5.59. The van der Waals surface area contributed by atoms with E-state index >= 15 is 0 Å². The van der Waals surface area contributed by atoms with Crippen molar-refractivity contribution in [2.24, 2.45) is 0 Å². The Morgan fingerprint density at radius 3 is 2.28 bits per heavy atom. The van der Waals surface area contributed by atoms with Crippen LogP contribution in [0.25, 0.3) is 0 Å². The zero-order chi connectivity index (χ0) is 21.8. The topological polar surface area (TPSA) is 92.8 Å². The lowest BCUT2D eigenvalue weighted by Gasteiger charge is -2.17. The maximum absolute atomic E-state index is 12.5. The summed E-state index contributed by atoms with van der Waals surface area (Å²) in [5, 5.41) is 2.63. The van der Waals surface area contributed by atoms with Gasteiger partial charge in [0.05, 0.1) is 10.5 Å². The fourth-order valence-electron chi connectivity index (χ4n) is 2.35. The standard InChI is InChI=1S/C20H24N2O5S2/c1-13-6-11-17(29(25,26)22(3)4)12-18(13)21-19(23)14(2)27-20(24)15-7-9-16(28-5)10-8-15/h6-12,14H,1-5H3,(H,21,23). The molecule has 1 unspecified atom stereocenters. The smallest absolute Gasteiger partial charge is 0.338 e. The maximum Gasteiger partial charge on any atom is 0.338 e. The van der Waals surface area contributed by atoms with Crippen molar-refractivity contribution in [2.75, 3.05) is 25.7 Å². The molecule has 2 aromatic rings. The van der Waals surface area contributed by atoms with Crippen LogP contribution >= 0.6 is 11.8 Å². The predicted molar refractivity (Wildman–Crippen MR) is 114 cm³/mol. The van der Waals surface area contributed by atoms with E-state index < -0.39 is 28.0 Å². The number of aryl methyl sites for hydroxylation is 1. The Morgan fingerprint density at radius 1 is 1.10 bits per heavy atom. The summed E-state index contributed by atoms with van der Waals surface area (Å²) in [5.41, 5.74) is 1.37. The van der Waals surface area contributed by atoms with Crippen molar-refractivity contribution < 1.29 is 22.7 Å². The second kappa shape index (κ2) is 9.43. The van der Waals surface area contributed by atoms with E-state index in [0.717, 1.165) is 9.20 Å². The average molecular weight is 437 g/mol. The molecule has 0 aliphatic rings. The third-order valence-corrected chi connectivity index (χ3v) is 6.78. The van der Waals surface area contributed by atoms with Crippen LogP contribution in [0.1, 0.15) is 22.8 Å². The molecule has 0 saturated heterocycles. The number of nitrogens with one attached hydrogen (secondary N) is 1. The van der Waals surface area contributed by atoms with Gasteiger partial charge in [-0.15, -0.1) is 11.8 Å². The van der Waals surface area contributed by atoms with E-state index in [0.29, 0.717) is 16.8 Å². The summed E-state index contributed by atoms with van der Waals surface area (Å²) in [4.78, 5) is 25.8. The Kier molecular flexibility index (Phi) is 7.45. The fraction of sp³-hybridized carbons (Fsp3) is 0.300. The lowest BCUT2D eigenvalue weighted by molar-refractivity contribution is -0.123.